The van der Waals surface area contributed by atoms with Crippen molar-refractivity contribution >= 4 is 6.09 Å². The number of amides is 1. The average Bonchev–Trinajstić information content (AvgIpc) is 3.14. The Morgan fingerprint density at radius 2 is 1.88 bits per heavy atom. The Hall–Kier alpha value is -2.06. The van der Waals surface area contributed by atoms with Crippen molar-refractivity contribution in [1.82, 2.24) is 9.80 Å². The van der Waals surface area contributed by atoms with Crippen molar-refractivity contribution in [3.63, 3.8) is 0 Å². The molecule has 1 aromatic carbocycles. The fourth-order valence-corrected chi connectivity index (χ4v) is 3.86. The molecule has 3 rings (SSSR count). The maximum Gasteiger partial charge on any atom is 0.410 e. The molecular formula is C20H27N3O2. The van der Waals surface area contributed by atoms with Gasteiger partial charge in [0.25, 0.3) is 0 Å². The topological polar surface area (TPSA) is 56.6 Å². The van der Waals surface area contributed by atoms with Gasteiger partial charge in [0.05, 0.1) is 11.6 Å². The van der Waals surface area contributed by atoms with E-state index in [1.165, 1.54) is 5.56 Å². The van der Waals surface area contributed by atoms with Crippen LogP contribution in [0.25, 0.3) is 0 Å². The lowest BCUT2D eigenvalue weighted by Crippen LogP contribution is -2.37. The number of nitriles is 1. The molecule has 0 aliphatic carbocycles. The van der Waals surface area contributed by atoms with Gasteiger partial charge in [-0.2, -0.15) is 5.26 Å². The molecule has 2 saturated heterocycles. The summed E-state index contributed by atoms with van der Waals surface area (Å²) in [6.45, 7) is 10.3. The summed E-state index contributed by atoms with van der Waals surface area (Å²) in [6, 6.07) is 9.97. The molecule has 2 fully saturated rings. The van der Waals surface area contributed by atoms with E-state index >= 15 is 0 Å². The summed E-state index contributed by atoms with van der Waals surface area (Å²) in [6.07, 6.45) is 1.99. The van der Waals surface area contributed by atoms with E-state index in [-0.39, 0.29) is 11.5 Å². The van der Waals surface area contributed by atoms with Gasteiger partial charge in [-0.1, -0.05) is 12.1 Å². The first-order valence-corrected chi connectivity index (χ1v) is 8.98. The van der Waals surface area contributed by atoms with Gasteiger partial charge in [-0.3, -0.25) is 4.90 Å². The van der Waals surface area contributed by atoms with Crippen molar-refractivity contribution < 1.29 is 9.53 Å². The molecule has 1 aromatic rings. The Morgan fingerprint density at radius 3 is 2.52 bits per heavy atom. The third kappa shape index (κ3) is 4.32. The molecule has 0 N–H and O–H groups in total. The normalized spacial score (nSPS) is 23.8. The molecule has 25 heavy (non-hydrogen) atoms. The van der Waals surface area contributed by atoms with Crippen LogP contribution in [0, 0.1) is 16.7 Å². The number of likely N-dealkylation sites (tertiary alicyclic amines) is 2. The van der Waals surface area contributed by atoms with Crippen molar-refractivity contribution in [3.8, 4) is 6.07 Å². The minimum atomic E-state index is -0.440. The molecule has 5 nitrogen and oxygen atoms in total. The molecule has 1 atom stereocenters. The van der Waals surface area contributed by atoms with Gasteiger partial charge in [0, 0.05) is 31.6 Å². The van der Waals surface area contributed by atoms with Gasteiger partial charge in [-0.25, -0.2) is 4.79 Å². The van der Waals surface area contributed by atoms with Crippen molar-refractivity contribution in [2.75, 3.05) is 26.2 Å². The fraction of sp³-hybridized carbons (Fsp3) is 0.600. The van der Waals surface area contributed by atoms with Gasteiger partial charge in [-0.15, -0.1) is 0 Å². The zero-order chi connectivity index (χ0) is 18.1. The van der Waals surface area contributed by atoms with Gasteiger partial charge < -0.3 is 9.64 Å². The standard InChI is InChI=1S/C20H27N3O2/c1-19(2,3)25-18(24)23-11-9-20(15-23)8-10-22(14-20)13-17-6-4-16(12-21)5-7-17/h4-7H,8-11,13-15H2,1-3H3. The van der Waals surface area contributed by atoms with Crippen LogP contribution in [0.5, 0.6) is 0 Å². The molecule has 0 radical (unpaired) electrons. The summed E-state index contributed by atoms with van der Waals surface area (Å²) in [5.74, 6) is 0. The lowest BCUT2D eigenvalue weighted by Gasteiger charge is -2.27. The molecular weight excluding hydrogens is 314 g/mol. The second-order valence-electron chi connectivity index (χ2n) is 8.42. The summed E-state index contributed by atoms with van der Waals surface area (Å²) in [4.78, 5) is 16.6. The summed E-state index contributed by atoms with van der Waals surface area (Å²) >= 11 is 0. The number of rotatable bonds is 2. The highest BCUT2D eigenvalue weighted by Crippen LogP contribution is 2.40. The molecule has 2 aliphatic rings. The van der Waals surface area contributed by atoms with E-state index in [9.17, 15) is 4.79 Å². The van der Waals surface area contributed by atoms with E-state index in [1.54, 1.807) is 0 Å². The van der Waals surface area contributed by atoms with E-state index in [2.05, 4.69) is 11.0 Å². The highest BCUT2D eigenvalue weighted by molar-refractivity contribution is 5.68. The molecule has 0 bridgehead atoms. The lowest BCUT2D eigenvalue weighted by molar-refractivity contribution is 0.0274. The Bertz CT molecular complexity index is 672. The zero-order valence-corrected chi connectivity index (χ0v) is 15.4. The number of ether oxygens (including phenoxy) is 1. The molecule has 0 aromatic heterocycles. The van der Waals surface area contributed by atoms with Gasteiger partial charge in [-0.05, 0) is 57.9 Å². The Kier molecular flexibility index (Phi) is 4.75. The van der Waals surface area contributed by atoms with E-state index < -0.39 is 5.60 Å². The highest BCUT2D eigenvalue weighted by atomic mass is 16.6. The Labute approximate surface area is 150 Å². The number of hydrogen-bond donors (Lipinski definition) is 0. The lowest BCUT2D eigenvalue weighted by atomic mass is 9.86. The van der Waals surface area contributed by atoms with Crippen LogP contribution in [0.2, 0.25) is 0 Å². The number of hydrogen-bond acceptors (Lipinski definition) is 4. The molecule has 2 aliphatic heterocycles. The molecule has 5 heteroatoms. The van der Waals surface area contributed by atoms with E-state index in [1.807, 2.05) is 49.9 Å². The van der Waals surface area contributed by atoms with Crippen LogP contribution < -0.4 is 0 Å². The zero-order valence-electron chi connectivity index (χ0n) is 15.4. The van der Waals surface area contributed by atoms with Gasteiger partial charge in [0.1, 0.15) is 5.60 Å². The van der Waals surface area contributed by atoms with E-state index in [0.717, 1.165) is 45.6 Å². The predicted octanol–water partition coefficient (Wildman–Crippen LogP) is 3.39. The minimum absolute atomic E-state index is 0.185. The third-order valence-electron chi connectivity index (χ3n) is 5.10. The second-order valence-corrected chi connectivity index (χ2v) is 8.42. The van der Waals surface area contributed by atoms with Gasteiger partial charge in [0.15, 0.2) is 0 Å². The Balaban J connectivity index is 1.55. The maximum atomic E-state index is 12.3. The molecule has 1 amide bonds. The average molecular weight is 341 g/mol. The summed E-state index contributed by atoms with van der Waals surface area (Å²) in [5, 5.41) is 8.89. The predicted molar refractivity (Wildman–Crippen MR) is 95.9 cm³/mol. The molecule has 1 spiro atoms. The maximum absolute atomic E-state index is 12.3. The SMILES string of the molecule is CC(C)(C)OC(=O)N1CCC2(CCN(Cc3ccc(C#N)cc3)C2)C1. The second kappa shape index (κ2) is 6.68. The van der Waals surface area contributed by atoms with Crippen LogP contribution in [-0.4, -0.2) is 47.7 Å². The largest absolute Gasteiger partial charge is 0.444 e. The third-order valence-corrected chi connectivity index (χ3v) is 5.10. The number of benzene rings is 1. The first-order valence-electron chi connectivity index (χ1n) is 8.98. The molecule has 134 valence electrons. The first kappa shape index (κ1) is 17.8. The van der Waals surface area contributed by atoms with Crippen LogP contribution in [0.1, 0.15) is 44.7 Å². The molecule has 0 saturated carbocycles. The van der Waals surface area contributed by atoms with E-state index in [0.29, 0.717) is 5.56 Å². The smallest absolute Gasteiger partial charge is 0.410 e. The minimum Gasteiger partial charge on any atom is -0.444 e. The van der Waals surface area contributed by atoms with Crippen molar-refractivity contribution in [3.05, 3.63) is 35.4 Å². The fourth-order valence-electron chi connectivity index (χ4n) is 3.86. The number of carbonyl (C=O) groups is 1. The van der Waals surface area contributed by atoms with Crippen LogP contribution in [0.15, 0.2) is 24.3 Å². The number of nitrogens with zero attached hydrogens (tertiary/aromatic N) is 3. The van der Waals surface area contributed by atoms with E-state index in [4.69, 9.17) is 10.00 Å². The highest BCUT2D eigenvalue weighted by Gasteiger charge is 2.45. The Morgan fingerprint density at radius 1 is 1.20 bits per heavy atom. The first-order chi connectivity index (χ1) is 11.8. The van der Waals surface area contributed by atoms with Crippen LogP contribution in [-0.2, 0) is 11.3 Å². The van der Waals surface area contributed by atoms with Crippen LogP contribution in [0.4, 0.5) is 4.79 Å². The monoisotopic (exact) mass is 341 g/mol. The number of carbonyl (C=O) groups excluding carboxylic acids is 1. The van der Waals surface area contributed by atoms with Crippen LogP contribution in [0.3, 0.4) is 0 Å². The summed E-state index contributed by atoms with van der Waals surface area (Å²) in [5.41, 5.74) is 1.71. The van der Waals surface area contributed by atoms with Gasteiger partial charge >= 0.3 is 6.09 Å². The van der Waals surface area contributed by atoms with Crippen LogP contribution >= 0.6 is 0 Å². The van der Waals surface area contributed by atoms with Crippen molar-refractivity contribution in [1.29, 1.82) is 5.26 Å². The van der Waals surface area contributed by atoms with Crippen molar-refractivity contribution in [2.24, 2.45) is 5.41 Å². The molecule has 2 heterocycles. The quantitative estimate of drug-likeness (QED) is 0.827. The van der Waals surface area contributed by atoms with Gasteiger partial charge in [0.2, 0.25) is 0 Å². The summed E-state index contributed by atoms with van der Waals surface area (Å²) in [7, 11) is 0. The summed E-state index contributed by atoms with van der Waals surface area (Å²) < 4.78 is 5.52. The van der Waals surface area contributed by atoms with Crippen molar-refractivity contribution in [2.45, 2.75) is 45.8 Å². The molecule has 1 unspecified atom stereocenters.